The number of hydrogen-bond acceptors (Lipinski definition) is 3. The predicted molar refractivity (Wildman–Crippen MR) is 38.4 cm³/mol. The highest BCUT2D eigenvalue weighted by atomic mass is 16.3. The van der Waals surface area contributed by atoms with E-state index in [1.165, 1.54) is 0 Å². The molecule has 10 heavy (non-hydrogen) atoms. The summed E-state index contributed by atoms with van der Waals surface area (Å²) in [5, 5.41) is 0.981. The van der Waals surface area contributed by atoms with E-state index >= 15 is 0 Å². The highest BCUT2D eigenvalue weighted by molar-refractivity contribution is 5.74. The largest absolute Gasteiger partial charge is 0.446 e. The number of aromatic nitrogens is 1. The van der Waals surface area contributed by atoms with E-state index in [1.807, 2.05) is 12.1 Å². The van der Waals surface area contributed by atoms with E-state index in [-0.39, 0.29) is 0 Å². The van der Waals surface area contributed by atoms with E-state index in [4.69, 9.17) is 10.2 Å². The van der Waals surface area contributed by atoms with E-state index < -0.39 is 0 Å². The van der Waals surface area contributed by atoms with Crippen LogP contribution in [-0.4, -0.2) is 4.98 Å². The van der Waals surface area contributed by atoms with Crippen molar-refractivity contribution in [1.82, 2.24) is 4.98 Å². The number of anilines is 1. The van der Waals surface area contributed by atoms with Crippen LogP contribution in [0, 0.1) is 0 Å². The van der Waals surface area contributed by atoms with Gasteiger partial charge in [0.2, 0.25) is 5.71 Å². The van der Waals surface area contributed by atoms with Crippen molar-refractivity contribution in [3.05, 3.63) is 24.5 Å². The summed E-state index contributed by atoms with van der Waals surface area (Å²) in [6, 6.07) is 5.47. The molecule has 2 aromatic rings. The quantitative estimate of drug-likeness (QED) is 0.592. The van der Waals surface area contributed by atoms with Crippen molar-refractivity contribution in [3.63, 3.8) is 0 Å². The van der Waals surface area contributed by atoms with Gasteiger partial charge in [0.25, 0.3) is 0 Å². The number of nitrogen functional groups attached to an aromatic ring is 1. The van der Waals surface area contributed by atoms with Crippen LogP contribution in [0.4, 0.5) is 5.82 Å². The first kappa shape index (κ1) is 5.29. The minimum Gasteiger partial charge on any atom is -0.446 e. The zero-order chi connectivity index (χ0) is 6.97. The standard InChI is InChI=1S/C7H6N2O/c8-6-2-1-5-3-4-10-7(5)9-6/h1-4H,(H2,8,9). The lowest BCUT2D eigenvalue weighted by molar-refractivity contribution is 0.604. The van der Waals surface area contributed by atoms with Gasteiger partial charge in [-0.1, -0.05) is 0 Å². The molecule has 50 valence electrons. The van der Waals surface area contributed by atoms with E-state index in [0.29, 0.717) is 11.5 Å². The first-order valence-electron chi connectivity index (χ1n) is 2.96. The lowest BCUT2D eigenvalue weighted by atomic mass is 10.3. The van der Waals surface area contributed by atoms with Gasteiger partial charge in [-0.3, -0.25) is 0 Å². The number of hydrogen-bond donors (Lipinski definition) is 1. The average Bonchev–Trinajstić information content (AvgIpc) is 2.33. The van der Waals surface area contributed by atoms with Crippen LogP contribution in [0.25, 0.3) is 11.1 Å². The van der Waals surface area contributed by atoms with Gasteiger partial charge in [-0.25, -0.2) is 0 Å². The molecule has 0 bridgehead atoms. The molecule has 0 atom stereocenters. The second-order valence-electron chi connectivity index (χ2n) is 2.05. The first-order chi connectivity index (χ1) is 4.86. The fraction of sp³-hybridized carbons (Fsp3) is 0. The summed E-state index contributed by atoms with van der Waals surface area (Å²) >= 11 is 0. The number of furan rings is 1. The van der Waals surface area contributed by atoms with Gasteiger partial charge in [-0.05, 0) is 18.2 Å². The van der Waals surface area contributed by atoms with E-state index in [2.05, 4.69) is 4.98 Å². The molecule has 2 aromatic heterocycles. The van der Waals surface area contributed by atoms with Crippen molar-refractivity contribution in [2.45, 2.75) is 0 Å². The molecule has 0 spiro atoms. The van der Waals surface area contributed by atoms with Crippen LogP contribution in [0.15, 0.2) is 28.9 Å². The van der Waals surface area contributed by atoms with Gasteiger partial charge in [0, 0.05) is 5.39 Å². The smallest absolute Gasteiger partial charge is 0.227 e. The Morgan fingerprint density at radius 1 is 1.30 bits per heavy atom. The van der Waals surface area contributed by atoms with Gasteiger partial charge in [0.05, 0.1) is 6.26 Å². The molecule has 0 amide bonds. The third-order valence-electron chi connectivity index (χ3n) is 1.34. The Hall–Kier alpha value is -1.51. The minimum absolute atomic E-state index is 0.488. The molecule has 0 fully saturated rings. The molecule has 2 rings (SSSR count). The van der Waals surface area contributed by atoms with Gasteiger partial charge < -0.3 is 10.2 Å². The maximum atomic E-state index is 5.41. The summed E-state index contributed by atoms with van der Waals surface area (Å²) in [6.07, 6.45) is 1.59. The van der Waals surface area contributed by atoms with E-state index in [0.717, 1.165) is 5.39 Å². The first-order valence-corrected chi connectivity index (χ1v) is 2.96. The molecule has 0 saturated carbocycles. The molecule has 2 heterocycles. The normalized spacial score (nSPS) is 10.4. The van der Waals surface area contributed by atoms with E-state index in [9.17, 15) is 0 Å². The number of nitrogens with two attached hydrogens (primary N) is 1. The maximum Gasteiger partial charge on any atom is 0.227 e. The lowest BCUT2D eigenvalue weighted by Crippen LogP contribution is -1.86. The molecular formula is C7H6N2O. The molecule has 0 aliphatic heterocycles. The summed E-state index contributed by atoms with van der Waals surface area (Å²) in [7, 11) is 0. The van der Waals surface area contributed by atoms with Gasteiger partial charge in [0.1, 0.15) is 5.82 Å². The number of rotatable bonds is 0. The van der Waals surface area contributed by atoms with Crippen molar-refractivity contribution in [1.29, 1.82) is 0 Å². The Labute approximate surface area is 57.5 Å². The van der Waals surface area contributed by atoms with Crippen LogP contribution in [0.5, 0.6) is 0 Å². The summed E-state index contributed by atoms with van der Waals surface area (Å²) in [5.41, 5.74) is 6.01. The average molecular weight is 134 g/mol. The van der Waals surface area contributed by atoms with Crippen LogP contribution in [0.1, 0.15) is 0 Å². The highest BCUT2D eigenvalue weighted by Gasteiger charge is 1.95. The Balaban J connectivity index is 2.86. The lowest BCUT2D eigenvalue weighted by Gasteiger charge is -1.88. The molecule has 0 unspecified atom stereocenters. The van der Waals surface area contributed by atoms with Crippen LogP contribution in [-0.2, 0) is 0 Å². The monoisotopic (exact) mass is 134 g/mol. The van der Waals surface area contributed by atoms with Crippen molar-refractivity contribution < 1.29 is 4.42 Å². The highest BCUT2D eigenvalue weighted by Crippen LogP contribution is 2.13. The summed E-state index contributed by atoms with van der Waals surface area (Å²) in [6.45, 7) is 0. The molecule has 3 heteroatoms. The predicted octanol–water partition coefficient (Wildman–Crippen LogP) is 1.41. The third kappa shape index (κ3) is 0.639. The zero-order valence-corrected chi connectivity index (χ0v) is 5.24. The fourth-order valence-corrected chi connectivity index (χ4v) is 0.859. The molecule has 0 saturated heterocycles. The molecule has 0 radical (unpaired) electrons. The number of nitrogens with zero attached hydrogens (tertiary/aromatic N) is 1. The maximum absolute atomic E-state index is 5.41. The fourth-order valence-electron chi connectivity index (χ4n) is 0.859. The molecule has 2 N–H and O–H groups in total. The third-order valence-corrected chi connectivity index (χ3v) is 1.34. The topological polar surface area (TPSA) is 52.0 Å². The van der Waals surface area contributed by atoms with Gasteiger partial charge >= 0.3 is 0 Å². The van der Waals surface area contributed by atoms with Crippen LogP contribution in [0.2, 0.25) is 0 Å². The van der Waals surface area contributed by atoms with Crippen molar-refractivity contribution >= 4 is 16.9 Å². The van der Waals surface area contributed by atoms with Gasteiger partial charge in [-0.2, -0.15) is 4.98 Å². The molecule has 0 aliphatic carbocycles. The summed E-state index contributed by atoms with van der Waals surface area (Å²) in [5.74, 6) is 0.488. The number of pyridine rings is 1. The Morgan fingerprint density at radius 3 is 3.10 bits per heavy atom. The van der Waals surface area contributed by atoms with Crippen LogP contribution in [0.3, 0.4) is 0 Å². The van der Waals surface area contributed by atoms with Crippen LogP contribution < -0.4 is 5.73 Å². The SMILES string of the molecule is Nc1ccc2ccoc2n1. The molecular weight excluding hydrogens is 128 g/mol. The van der Waals surface area contributed by atoms with Crippen molar-refractivity contribution in [2.24, 2.45) is 0 Å². The summed E-state index contributed by atoms with van der Waals surface area (Å²) in [4.78, 5) is 3.95. The van der Waals surface area contributed by atoms with Gasteiger partial charge in [0.15, 0.2) is 0 Å². The van der Waals surface area contributed by atoms with Crippen LogP contribution >= 0.6 is 0 Å². The minimum atomic E-state index is 0.488. The van der Waals surface area contributed by atoms with Crippen molar-refractivity contribution in [2.75, 3.05) is 5.73 Å². The van der Waals surface area contributed by atoms with E-state index in [1.54, 1.807) is 12.3 Å². The Kier molecular flexibility index (Phi) is 0.917. The molecule has 3 nitrogen and oxygen atoms in total. The zero-order valence-electron chi connectivity index (χ0n) is 5.24. The second kappa shape index (κ2) is 1.73. The Morgan fingerprint density at radius 2 is 2.20 bits per heavy atom. The molecule has 0 aliphatic rings. The summed E-state index contributed by atoms with van der Waals surface area (Å²) < 4.78 is 5.01. The second-order valence-corrected chi connectivity index (χ2v) is 2.05. The molecule has 0 aromatic carbocycles. The Bertz CT molecular complexity index is 353. The van der Waals surface area contributed by atoms with Gasteiger partial charge in [-0.15, -0.1) is 0 Å². The van der Waals surface area contributed by atoms with Crippen molar-refractivity contribution in [3.8, 4) is 0 Å². The number of fused-ring (bicyclic) bond motifs is 1.